The van der Waals surface area contributed by atoms with Gasteiger partial charge in [-0.15, -0.1) is 0 Å². The molecule has 1 aliphatic heterocycles. The number of hydrogen-bond acceptors (Lipinski definition) is 4. The van der Waals surface area contributed by atoms with Crippen molar-refractivity contribution in [3.05, 3.63) is 71.0 Å². The quantitative estimate of drug-likeness (QED) is 0.606. The Bertz CT molecular complexity index is 970. The zero-order valence-electron chi connectivity index (χ0n) is 15.6. The first-order chi connectivity index (χ1) is 13.5. The summed E-state index contributed by atoms with van der Waals surface area (Å²) < 4.78 is 14.3. The first-order valence-electron chi connectivity index (χ1n) is 9.01. The number of nitriles is 1. The molecule has 2 aromatic rings. The van der Waals surface area contributed by atoms with E-state index in [4.69, 9.17) is 5.26 Å². The fourth-order valence-electron chi connectivity index (χ4n) is 3.16. The molecule has 5 nitrogen and oxygen atoms in total. The third-order valence-electron chi connectivity index (χ3n) is 4.77. The largest absolute Gasteiger partial charge is 0.366 e. The first kappa shape index (κ1) is 19.3. The zero-order chi connectivity index (χ0) is 20.1. The van der Waals surface area contributed by atoms with Crippen molar-refractivity contribution < 1.29 is 14.0 Å². The fourth-order valence-corrected chi connectivity index (χ4v) is 3.16. The minimum Gasteiger partial charge on any atom is -0.366 e. The number of benzene rings is 2. The van der Waals surface area contributed by atoms with Crippen LogP contribution < -0.4 is 4.90 Å². The van der Waals surface area contributed by atoms with E-state index in [-0.39, 0.29) is 11.7 Å². The summed E-state index contributed by atoms with van der Waals surface area (Å²) in [6.45, 7) is 3.35. The van der Waals surface area contributed by atoms with Crippen molar-refractivity contribution in [2.75, 3.05) is 31.1 Å². The second-order valence-corrected chi connectivity index (χ2v) is 6.57. The summed E-state index contributed by atoms with van der Waals surface area (Å²) in [7, 11) is 0. The number of anilines is 1. The molecule has 6 heteroatoms. The number of piperazine rings is 1. The van der Waals surface area contributed by atoms with Crippen molar-refractivity contribution in [2.45, 2.75) is 6.92 Å². The van der Waals surface area contributed by atoms with Crippen molar-refractivity contribution in [3.63, 3.8) is 0 Å². The van der Waals surface area contributed by atoms with Crippen LogP contribution >= 0.6 is 0 Å². The molecule has 1 fully saturated rings. The molecule has 0 spiro atoms. The molecule has 28 heavy (non-hydrogen) atoms. The summed E-state index contributed by atoms with van der Waals surface area (Å²) in [4.78, 5) is 27.4. The SMILES string of the molecule is CC(=O)c1ccc(N2CCN(C(=O)/C=C/c3ccccc3C#N)CC2)c(F)c1. The monoisotopic (exact) mass is 377 g/mol. The van der Waals surface area contributed by atoms with Gasteiger partial charge >= 0.3 is 0 Å². The molecule has 0 N–H and O–H groups in total. The molecule has 142 valence electrons. The molecular weight excluding hydrogens is 357 g/mol. The molecule has 2 aromatic carbocycles. The van der Waals surface area contributed by atoms with Crippen LogP contribution in [0.25, 0.3) is 6.08 Å². The van der Waals surface area contributed by atoms with Gasteiger partial charge in [0.05, 0.1) is 17.3 Å². The normalized spacial score (nSPS) is 14.2. The van der Waals surface area contributed by atoms with Crippen LogP contribution in [0.5, 0.6) is 0 Å². The molecule has 1 saturated heterocycles. The minimum atomic E-state index is -0.430. The van der Waals surface area contributed by atoms with E-state index in [2.05, 4.69) is 6.07 Å². The van der Waals surface area contributed by atoms with Crippen LogP contribution in [0.3, 0.4) is 0 Å². The Kier molecular flexibility index (Phi) is 5.85. The van der Waals surface area contributed by atoms with Gasteiger partial charge in [0, 0.05) is 37.8 Å². The highest BCUT2D eigenvalue weighted by molar-refractivity contribution is 5.94. The van der Waals surface area contributed by atoms with Crippen molar-refractivity contribution in [2.24, 2.45) is 0 Å². The Hall–Kier alpha value is -3.46. The van der Waals surface area contributed by atoms with Gasteiger partial charge in [0.15, 0.2) is 5.78 Å². The number of ketones is 1. The molecule has 0 unspecified atom stereocenters. The van der Waals surface area contributed by atoms with Crippen molar-refractivity contribution in [1.82, 2.24) is 4.90 Å². The number of nitrogens with zero attached hydrogens (tertiary/aromatic N) is 3. The lowest BCUT2D eigenvalue weighted by Crippen LogP contribution is -2.48. The number of Topliss-reactive ketones (excluding diaryl/α,β-unsaturated/α-hetero) is 1. The lowest BCUT2D eigenvalue weighted by atomic mass is 10.1. The second kappa shape index (κ2) is 8.49. The van der Waals surface area contributed by atoms with Crippen LogP contribution in [-0.4, -0.2) is 42.8 Å². The fraction of sp³-hybridized carbons (Fsp3) is 0.227. The van der Waals surface area contributed by atoms with E-state index < -0.39 is 5.82 Å². The van der Waals surface area contributed by atoms with Gasteiger partial charge in [-0.3, -0.25) is 9.59 Å². The van der Waals surface area contributed by atoms with Gasteiger partial charge in [0.25, 0.3) is 0 Å². The van der Waals surface area contributed by atoms with E-state index in [0.717, 1.165) is 0 Å². The maximum Gasteiger partial charge on any atom is 0.246 e. The zero-order valence-corrected chi connectivity index (χ0v) is 15.6. The Morgan fingerprint density at radius 1 is 1.11 bits per heavy atom. The summed E-state index contributed by atoms with van der Waals surface area (Å²) in [6.07, 6.45) is 3.11. The van der Waals surface area contributed by atoms with Crippen molar-refractivity contribution in [3.8, 4) is 6.07 Å². The van der Waals surface area contributed by atoms with Crippen molar-refractivity contribution in [1.29, 1.82) is 5.26 Å². The number of carbonyl (C=O) groups is 2. The smallest absolute Gasteiger partial charge is 0.246 e. The molecule has 0 aliphatic carbocycles. The average molecular weight is 377 g/mol. The van der Waals surface area contributed by atoms with Gasteiger partial charge in [0.1, 0.15) is 5.82 Å². The minimum absolute atomic E-state index is 0.139. The topological polar surface area (TPSA) is 64.4 Å². The van der Waals surface area contributed by atoms with Crippen LogP contribution in [0.4, 0.5) is 10.1 Å². The Morgan fingerprint density at radius 3 is 2.46 bits per heavy atom. The number of carbonyl (C=O) groups excluding carboxylic acids is 2. The highest BCUT2D eigenvalue weighted by Crippen LogP contribution is 2.22. The third-order valence-corrected chi connectivity index (χ3v) is 4.77. The standard InChI is InChI=1S/C22H20FN3O2/c1-16(27)18-6-8-21(20(23)14-18)25-10-12-26(13-11-25)22(28)9-7-17-4-2-3-5-19(17)15-24/h2-9,14H,10-13H2,1H3/b9-7+. The van der Waals surface area contributed by atoms with Gasteiger partial charge in [-0.25, -0.2) is 4.39 Å². The summed E-state index contributed by atoms with van der Waals surface area (Å²) in [5, 5.41) is 9.11. The molecule has 1 heterocycles. The summed E-state index contributed by atoms with van der Waals surface area (Å²) >= 11 is 0. The van der Waals surface area contributed by atoms with Crippen LogP contribution in [0.2, 0.25) is 0 Å². The maximum atomic E-state index is 14.3. The van der Waals surface area contributed by atoms with Gasteiger partial charge < -0.3 is 9.80 Å². The van der Waals surface area contributed by atoms with Crippen LogP contribution in [-0.2, 0) is 4.79 Å². The van der Waals surface area contributed by atoms with E-state index in [9.17, 15) is 14.0 Å². The average Bonchev–Trinajstić information content (AvgIpc) is 2.72. The van der Waals surface area contributed by atoms with Gasteiger partial charge in [0.2, 0.25) is 5.91 Å². The van der Waals surface area contributed by atoms with Crippen LogP contribution in [0.1, 0.15) is 28.4 Å². The van der Waals surface area contributed by atoms with Crippen molar-refractivity contribution >= 4 is 23.5 Å². The van der Waals surface area contributed by atoms with Gasteiger partial charge in [-0.05, 0) is 42.8 Å². The molecule has 0 atom stereocenters. The number of rotatable bonds is 4. The second-order valence-electron chi connectivity index (χ2n) is 6.57. The van der Waals surface area contributed by atoms with Gasteiger partial charge in [-0.1, -0.05) is 18.2 Å². The summed E-state index contributed by atoms with van der Waals surface area (Å²) in [5.41, 5.74) is 2.00. The summed E-state index contributed by atoms with van der Waals surface area (Å²) in [6, 6.07) is 13.7. The summed E-state index contributed by atoms with van der Waals surface area (Å²) in [5.74, 6) is -0.745. The lowest BCUT2D eigenvalue weighted by molar-refractivity contribution is -0.126. The maximum absolute atomic E-state index is 14.3. The Balaban J connectivity index is 1.62. The van der Waals surface area contributed by atoms with Crippen LogP contribution in [0.15, 0.2) is 48.5 Å². The third kappa shape index (κ3) is 4.26. The van der Waals surface area contributed by atoms with E-state index in [1.54, 1.807) is 41.3 Å². The molecule has 0 radical (unpaired) electrons. The molecule has 3 rings (SSSR count). The van der Waals surface area contributed by atoms with E-state index in [1.165, 1.54) is 19.1 Å². The number of hydrogen-bond donors (Lipinski definition) is 0. The first-order valence-corrected chi connectivity index (χ1v) is 9.01. The highest BCUT2D eigenvalue weighted by atomic mass is 19.1. The van der Waals surface area contributed by atoms with E-state index >= 15 is 0 Å². The molecule has 0 bridgehead atoms. The predicted octanol–water partition coefficient (Wildman–Crippen LogP) is 3.26. The molecule has 1 amide bonds. The molecule has 0 aromatic heterocycles. The predicted molar refractivity (Wildman–Crippen MR) is 105 cm³/mol. The highest BCUT2D eigenvalue weighted by Gasteiger charge is 2.22. The van der Waals surface area contributed by atoms with Gasteiger partial charge in [-0.2, -0.15) is 5.26 Å². The van der Waals surface area contributed by atoms with E-state index in [0.29, 0.717) is 48.6 Å². The van der Waals surface area contributed by atoms with Crippen LogP contribution in [0, 0.1) is 17.1 Å². The number of halogens is 1. The number of amides is 1. The lowest BCUT2D eigenvalue weighted by Gasteiger charge is -2.35. The van der Waals surface area contributed by atoms with E-state index in [1.807, 2.05) is 11.0 Å². The molecular formula is C22H20FN3O2. The molecule has 1 aliphatic rings. The Morgan fingerprint density at radius 2 is 1.82 bits per heavy atom. The molecule has 0 saturated carbocycles. The Labute approximate surface area is 163 Å².